The van der Waals surface area contributed by atoms with Crippen LogP contribution in [0.1, 0.15) is 10.4 Å². The molecular weight excluding hydrogens is 337 g/mol. The van der Waals surface area contributed by atoms with Gasteiger partial charge >= 0.3 is 0 Å². The van der Waals surface area contributed by atoms with Crippen LogP contribution in [0.2, 0.25) is 5.02 Å². The Hall–Kier alpha value is -1.59. The van der Waals surface area contributed by atoms with Crippen LogP contribution < -0.4 is 10.5 Å². The Kier molecular flexibility index (Phi) is 4.07. The van der Waals surface area contributed by atoms with Gasteiger partial charge in [-0.3, -0.25) is 4.79 Å². The molecule has 0 fully saturated rings. The van der Waals surface area contributed by atoms with Crippen molar-refractivity contribution < 1.29 is 13.9 Å². The first-order chi connectivity index (χ1) is 8.99. The second kappa shape index (κ2) is 5.59. The minimum absolute atomic E-state index is 0.0172. The van der Waals surface area contributed by atoms with Crippen LogP contribution in [0.25, 0.3) is 0 Å². The molecule has 0 unspecified atom stereocenters. The van der Waals surface area contributed by atoms with Gasteiger partial charge in [0.1, 0.15) is 11.3 Å². The SMILES string of the molecule is NC(=O)c1c(Cl)cccc1Oc1cc(Br)ccc1F. The molecule has 2 rings (SSSR count). The predicted molar refractivity (Wildman–Crippen MR) is 74.1 cm³/mol. The summed E-state index contributed by atoms with van der Waals surface area (Å²) in [5, 5.41) is 0.153. The third-order valence-corrected chi connectivity index (χ3v) is 3.14. The molecule has 2 N–H and O–H groups in total. The van der Waals surface area contributed by atoms with Crippen LogP contribution in [0.15, 0.2) is 40.9 Å². The van der Waals surface area contributed by atoms with Crippen LogP contribution in [0.3, 0.4) is 0 Å². The van der Waals surface area contributed by atoms with Gasteiger partial charge in [0.2, 0.25) is 0 Å². The Morgan fingerprint density at radius 2 is 2.00 bits per heavy atom. The van der Waals surface area contributed by atoms with Gasteiger partial charge in [0, 0.05) is 4.47 Å². The molecule has 0 aliphatic rings. The van der Waals surface area contributed by atoms with Gasteiger partial charge in [-0.05, 0) is 30.3 Å². The molecule has 0 spiro atoms. The van der Waals surface area contributed by atoms with E-state index in [2.05, 4.69) is 15.9 Å². The summed E-state index contributed by atoms with van der Waals surface area (Å²) in [5.41, 5.74) is 5.25. The highest BCUT2D eigenvalue weighted by atomic mass is 79.9. The van der Waals surface area contributed by atoms with Crippen molar-refractivity contribution in [3.63, 3.8) is 0 Å². The number of amides is 1. The van der Waals surface area contributed by atoms with Crippen LogP contribution in [-0.2, 0) is 0 Å². The lowest BCUT2D eigenvalue weighted by atomic mass is 10.2. The highest BCUT2D eigenvalue weighted by molar-refractivity contribution is 9.10. The van der Waals surface area contributed by atoms with Crippen molar-refractivity contribution in [3.05, 3.63) is 57.3 Å². The molecule has 0 aliphatic carbocycles. The van der Waals surface area contributed by atoms with Crippen molar-refractivity contribution in [2.24, 2.45) is 5.73 Å². The predicted octanol–water partition coefficient (Wildman–Crippen LogP) is 4.13. The van der Waals surface area contributed by atoms with E-state index in [4.69, 9.17) is 22.1 Å². The smallest absolute Gasteiger partial charge is 0.254 e. The monoisotopic (exact) mass is 343 g/mol. The van der Waals surface area contributed by atoms with E-state index in [1.807, 2.05) is 0 Å². The maximum atomic E-state index is 13.6. The molecule has 2 aromatic rings. The number of ether oxygens (including phenoxy) is 1. The molecule has 0 saturated heterocycles. The molecule has 0 aromatic heterocycles. The summed E-state index contributed by atoms with van der Waals surface area (Å²) in [7, 11) is 0. The van der Waals surface area contributed by atoms with E-state index < -0.39 is 11.7 Å². The highest BCUT2D eigenvalue weighted by Gasteiger charge is 2.16. The maximum Gasteiger partial charge on any atom is 0.254 e. The van der Waals surface area contributed by atoms with Gasteiger partial charge in [-0.25, -0.2) is 4.39 Å². The number of halogens is 3. The summed E-state index contributed by atoms with van der Waals surface area (Å²) in [4.78, 5) is 11.3. The number of carbonyl (C=O) groups excluding carboxylic acids is 1. The molecule has 19 heavy (non-hydrogen) atoms. The van der Waals surface area contributed by atoms with Crippen LogP contribution in [0, 0.1) is 5.82 Å². The number of nitrogens with two attached hydrogens (primary N) is 1. The summed E-state index contributed by atoms with van der Waals surface area (Å²) < 4.78 is 19.6. The Morgan fingerprint density at radius 1 is 1.26 bits per heavy atom. The van der Waals surface area contributed by atoms with Gasteiger partial charge < -0.3 is 10.5 Å². The van der Waals surface area contributed by atoms with Gasteiger partial charge in [-0.15, -0.1) is 0 Å². The highest BCUT2D eigenvalue weighted by Crippen LogP contribution is 2.32. The van der Waals surface area contributed by atoms with Crippen LogP contribution in [0.5, 0.6) is 11.5 Å². The van der Waals surface area contributed by atoms with E-state index in [0.29, 0.717) is 4.47 Å². The van der Waals surface area contributed by atoms with Crippen molar-refractivity contribution in [1.29, 1.82) is 0 Å². The first-order valence-corrected chi connectivity index (χ1v) is 6.37. The molecule has 1 amide bonds. The summed E-state index contributed by atoms with van der Waals surface area (Å²) in [6, 6.07) is 8.81. The molecule has 2 aromatic carbocycles. The van der Waals surface area contributed by atoms with Gasteiger partial charge in [0.25, 0.3) is 5.91 Å². The van der Waals surface area contributed by atoms with Gasteiger partial charge in [-0.1, -0.05) is 33.6 Å². The molecule has 0 aliphatic heterocycles. The van der Waals surface area contributed by atoms with Crippen molar-refractivity contribution in [1.82, 2.24) is 0 Å². The van der Waals surface area contributed by atoms with Gasteiger partial charge in [-0.2, -0.15) is 0 Å². The molecule has 0 bridgehead atoms. The second-order valence-electron chi connectivity index (χ2n) is 3.65. The van der Waals surface area contributed by atoms with Crippen LogP contribution in [0.4, 0.5) is 4.39 Å². The Labute approximate surface area is 122 Å². The largest absolute Gasteiger partial charge is 0.453 e. The quantitative estimate of drug-likeness (QED) is 0.910. The second-order valence-corrected chi connectivity index (χ2v) is 4.98. The standard InChI is InChI=1S/C13H8BrClFNO2/c14-7-4-5-9(16)11(6-7)19-10-3-1-2-8(15)12(10)13(17)18/h1-6H,(H2,17,18). The first-order valence-electron chi connectivity index (χ1n) is 5.20. The Bertz CT molecular complexity index is 649. The average Bonchev–Trinajstić information content (AvgIpc) is 2.33. The zero-order chi connectivity index (χ0) is 14.0. The lowest BCUT2D eigenvalue weighted by Gasteiger charge is -2.11. The average molecular weight is 345 g/mol. The molecule has 0 heterocycles. The van der Waals surface area contributed by atoms with Crippen molar-refractivity contribution in [2.75, 3.05) is 0 Å². The van der Waals surface area contributed by atoms with E-state index >= 15 is 0 Å². The maximum absolute atomic E-state index is 13.6. The molecule has 0 saturated carbocycles. The third-order valence-electron chi connectivity index (χ3n) is 2.33. The van der Waals surface area contributed by atoms with Crippen molar-refractivity contribution >= 4 is 33.4 Å². The van der Waals surface area contributed by atoms with E-state index in [0.717, 1.165) is 0 Å². The van der Waals surface area contributed by atoms with Crippen LogP contribution >= 0.6 is 27.5 Å². The lowest BCUT2D eigenvalue weighted by Crippen LogP contribution is -2.13. The number of benzene rings is 2. The van der Waals surface area contributed by atoms with Crippen molar-refractivity contribution in [3.8, 4) is 11.5 Å². The van der Waals surface area contributed by atoms with E-state index in [9.17, 15) is 9.18 Å². The molecule has 3 nitrogen and oxygen atoms in total. The zero-order valence-electron chi connectivity index (χ0n) is 9.49. The molecule has 0 radical (unpaired) electrons. The normalized spacial score (nSPS) is 10.3. The first kappa shape index (κ1) is 13.8. The molecular formula is C13H8BrClFNO2. The number of carbonyl (C=O) groups is 1. The zero-order valence-corrected chi connectivity index (χ0v) is 11.8. The molecule has 6 heteroatoms. The molecule has 98 valence electrons. The Morgan fingerprint density at radius 3 is 2.68 bits per heavy atom. The fraction of sp³-hybridized carbons (Fsp3) is 0. The van der Waals surface area contributed by atoms with Gasteiger partial charge in [0.15, 0.2) is 11.6 Å². The minimum Gasteiger partial charge on any atom is -0.453 e. The number of rotatable bonds is 3. The third kappa shape index (κ3) is 3.05. The summed E-state index contributed by atoms with van der Waals surface area (Å²) in [6.45, 7) is 0. The molecule has 0 atom stereocenters. The summed E-state index contributed by atoms with van der Waals surface area (Å²) in [6.07, 6.45) is 0. The number of hydrogen-bond donors (Lipinski definition) is 1. The lowest BCUT2D eigenvalue weighted by molar-refractivity contribution is 0.0998. The number of primary amides is 1. The Balaban J connectivity index is 2.46. The fourth-order valence-corrected chi connectivity index (χ4v) is 2.10. The van der Waals surface area contributed by atoms with Crippen LogP contribution in [-0.4, -0.2) is 5.91 Å². The van der Waals surface area contributed by atoms with E-state index in [1.54, 1.807) is 6.07 Å². The summed E-state index contributed by atoms with van der Waals surface area (Å²) in [5.74, 6) is -1.22. The number of hydrogen-bond acceptors (Lipinski definition) is 2. The topological polar surface area (TPSA) is 52.3 Å². The minimum atomic E-state index is -0.740. The summed E-state index contributed by atoms with van der Waals surface area (Å²) >= 11 is 9.09. The van der Waals surface area contributed by atoms with Crippen molar-refractivity contribution in [2.45, 2.75) is 0 Å². The van der Waals surface area contributed by atoms with E-state index in [1.165, 1.54) is 30.3 Å². The van der Waals surface area contributed by atoms with Gasteiger partial charge in [0.05, 0.1) is 5.02 Å². The fourth-order valence-electron chi connectivity index (χ4n) is 1.50. The van der Waals surface area contributed by atoms with E-state index in [-0.39, 0.29) is 22.1 Å².